The molecule has 0 atom stereocenters. The number of aromatic nitrogens is 1. The number of hydrogen-bond acceptors (Lipinski definition) is 4. The van der Waals surface area contributed by atoms with Crippen molar-refractivity contribution in [3.05, 3.63) is 59.9 Å². The van der Waals surface area contributed by atoms with Gasteiger partial charge in [0.1, 0.15) is 11.4 Å². The highest BCUT2D eigenvalue weighted by Crippen LogP contribution is 2.13. The van der Waals surface area contributed by atoms with Crippen molar-refractivity contribution < 1.29 is 14.3 Å². The molecule has 24 heavy (non-hydrogen) atoms. The molecule has 2 amide bonds. The number of ether oxygens (including phenoxy) is 1. The minimum absolute atomic E-state index is 0.228. The molecule has 0 aliphatic carbocycles. The third-order valence-corrected chi connectivity index (χ3v) is 3.27. The highest BCUT2D eigenvalue weighted by molar-refractivity contribution is 5.98. The van der Waals surface area contributed by atoms with Gasteiger partial charge in [0.15, 0.2) is 0 Å². The van der Waals surface area contributed by atoms with Crippen LogP contribution in [0.1, 0.15) is 41.1 Å². The van der Waals surface area contributed by atoms with Crippen LogP contribution in [0.15, 0.2) is 48.7 Å². The number of carbonyl (C=O) groups excluding carboxylic acids is 2. The van der Waals surface area contributed by atoms with Gasteiger partial charge in [-0.2, -0.15) is 0 Å². The molecular weight excluding hydrogens is 306 g/mol. The number of amides is 2. The normalized spacial score (nSPS) is 10.3. The molecule has 2 rings (SSSR count). The lowest BCUT2D eigenvalue weighted by molar-refractivity contribution is 0.0844. The van der Waals surface area contributed by atoms with Crippen molar-refractivity contribution in [3.8, 4) is 5.75 Å². The van der Waals surface area contributed by atoms with Gasteiger partial charge in [-0.25, -0.2) is 0 Å². The maximum Gasteiger partial charge on any atom is 0.288 e. The molecule has 1 aromatic heterocycles. The fourth-order valence-electron chi connectivity index (χ4n) is 1.86. The smallest absolute Gasteiger partial charge is 0.288 e. The molecule has 0 fully saturated rings. The molecule has 6 nitrogen and oxygen atoms in total. The number of pyridine rings is 1. The van der Waals surface area contributed by atoms with Gasteiger partial charge in [-0.15, -0.1) is 0 Å². The van der Waals surface area contributed by atoms with E-state index in [-0.39, 0.29) is 5.69 Å². The van der Waals surface area contributed by atoms with Crippen LogP contribution in [0.4, 0.5) is 0 Å². The van der Waals surface area contributed by atoms with Gasteiger partial charge < -0.3 is 4.74 Å². The Bertz CT molecular complexity index is 670. The van der Waals surface area contributed by atoms with Gasteiger partial charge in [-0.1, -0.05) is 19.9 Å². The van der Waals surface area contributed by atoms with E-state index in [1.807, 2.05) is 0 Å². The van der Waals surface area contributed by atoms with Crippen molar-refractivity contribution >= 4 is 11.8 Å². The molecule has 0 spiro atoms. The number of nitrogens with zero attached hydrogens (tertiary/aromatic N) is 1. The summed E-state index contributed by atoms with van der Waals surface area (Å²) in [4.78, 5) is 27.7. The number of rotatable bonds is 6. The number of carbonyl (C=O) groups is 2. The average Bonchev–Trinajstić information content (AvgIpc) is 2.60. The fraction of sp³-hybridized carbons (Fsp3) is 0.278. The van der Waals surface area contributed by atoms with Crippen LogP contribution in [0.25, 0.3) is 0 Å². The number of nitrogens with one attached hydrogen (secondary N) is 2. The molecule has 0 aliphatic heterocycles. The van der Waals surface area contributed by atoms with E-state index in [9.17, 15) is 9.59 Å². The molecule has 2 N–H and O–H groups in total. The first-order chi connectivity index (χ1) is 11.6. The molecule has 126 valence electrons. The number of hydrazine groups is 1. The van der Waals surface area contributed by atoms with E-state index in [0.717, 1.165) is 6.42 Å². The molecule has 1 heterocycles. The summed E-state index contributed by atoms with van der Waals surface area (Å²) < 4.78 is 5.60. The Morgan fingerprint density at radius 2 is 1.75 bits per heavy atom. The molecule has 0 aliphatic rings. The second kappa shape index (κ2) is 8.67. The third kappa shape index (κ3) is 5.39. The summed E-state index contributed by atoms with van der Waals surface area (Å²) in [7, 11) is 0. The highest BCUT2D eigenvalue weighted by atomic mass is 16.5. The zero-order valence-corrected chi connectivity index (χ0v) is 13.8. The summed E-state index contributed by atoms with van der Waals surface area (Å²) in [6, 6.07) is 11.7. The van der Waals surface area contributed by atoms with Gasteiger partial charge in [0.05, 0.1) is 6.61 Å². The number of benzene rings is 1. The van der Waals surface area contributed by atoms with Gasteiger partial charge in [0.25, 0.3) is 11.8 Å². The first kappa shape index (κ1) is 17.5. The Morgan fingerprint density at radius 3 is 2.38 bits per heavy atom. The molecular formula is C18H21N3O3. The highest BCUT2D eigenvalue weighted by Gasteiger charge is 2.09. The Kier molecular flexibility index (Phi) is 6.31. The largest absolute Gasteiger partial charge is 0.494 e. The SMILES string of the molecule is CC(C)CCOc1ccc(C(=O)NNC(=O)c2ccccn2)cc1. The van der Waals surface area contributed by atoms with Crippen molar-refractivity contribution in [1.82, 2.24) is 15.8 Å². The van der Waals surface area contributed by atoms with Crippen molar-refractivity contribution in [2.24, 2.45) is 5.92 Å². The summed E-state index contributed by atoms with van der Waals surface area (Å²) >= 11 is 0. The van der Waals surface area contributed by atoms with Crippen LogP contribution in [0.3, 0.4) is 0 Å². The zero-order chi connectivity index (χ0) is 17.4. The Hall–Kier alpha value is -2.89. The van der Waals surface area contributed by atoms with Crippen LogP contribution in [0.5, 0.6) is 5.75 Å². The second-order valence-electron chi connectivity index (χ2n) is 5.68. The Morgan fingerprint density at radius 1 is 1.04 bits per heavy atom. The number of hydrogen-bond donors (Lipinski definition) is 2. The fourth-order valence-corrected chi connectivity index (χ4v) is 1.86. The van der Waals surface area contributed by atoms with E-state index >= 15 is 0 Å². The quantitative estimate of drug-likeness (QED) is 0.799. The minimum Gasteiger partial charge on any atom is -0.494 e. The zero-order valence-electron chi connectivity index (χ0n) is 13.8. The van der Waals surface area contributed by atoms with E-state index in [0.29, 0.717) is 23.8 Å². The summed E-state index contributed by atoms with van der Waals surface area (Å²) in [5.74, 6) is 0.410. The third-order valence-electron chi connectivity index (χ3n) is 3.27. The topological polar surface area (TPSA) is 80.3 Å². The molecule has 6 heteroatoms. The van der Waals surface area contributed by atoms with Gasteiger partial charge in [-0.05, 0) is 48.7 Å². The van der Waals surface area contributed by atoms with Crippen LogP contribution in [0, 0.1) is 5.92 Å². The van der Waals surface area contributed by atoms with E-state index in [4.69, 9.17) is 4.74 Å². The van der Waals surface area contributed by atoms with Crippen LogP contribution < -0.4 is 15.6 Å². The van der Waals surface area contributed by atoms with Crippen molar-refractivity contribution in [1.29, 1.82) is 0 Å². The predicted octanol–water partition coefficient (Wildman–Crippen LogP) is 2.58. The lowest BCUT2D eigenvalue weighted by Crippen LogP contribution is -2.41. The van der Waals surface area contributed by atoms with Crippen LogP contribution >= 0.6 is 0 Å². The van der Waals surface area contributed by atoms with Crippen molar-refractivity contribution in [3.63, 3.8) is 0 Å². The van der Waals surface area contributed by atoms with E-state index in [1.54, 1.807) is 42.5 Å². The lowest BCUT2D eigenvalue weighted by Gasteiger charge is -2.09. The Labute approximate surface area is 141 Å². The van der Waals surface area contributed by atoms with Gasteiger partial charge in [0, 0.05) is 11.8 Å². The lowest BCUT2D eigenvalue weighted by atomic mass is 10.1. The second-order valence-corrected chi connectivity index (χ2v) is 5.68. The maximum absolute atomic E-state index is 12.0. The summed E-state index contributed by atoms with van der Waals surface area (Å²) in [5.41, 5.74) is 5.33. The molecule has 0 saturated heterocycles. The molecule has 0 saturated carbocycles. The van der Waals surface area contributed by atoms with E-state index < -0.39 is 11.8 Å². The maximum atomic E-state index is 12.0. The van der Waals surface area contributed by atoms with Gasteiger partial charge in [-0.3, -0.25) is 25.4 Å². The average molecular weight is 327 g/mol. The van der Waals surface area contributed by atoms with Crippen LogP contribution in [0.2, 0.25) is 0 Å². The Balaban J connectivity index is 1.83. The van der Waals surface area contributed by atoms with Gasteiger partial charge in [0.2, 0.25) is 0 Å². The summed E-state index contributed by atoms with van der Waals surface area (Å²) in [6.45, 7) is 4.91. The van der Waals surface area contributed by atoms with E-state index in [1.165, 1.54) is 6.20 Å². The minimum atomic E-state index is -0.474. The molecule has 1 aromatic carbocycles. The molecule has 0 bridgehead atoms. The monoisotopic (exact) mass is 327 g/mol. The van der Waals surface area contributed by atoms with Crippen LogP contribution in [-0.2, 0) is 0 Å². The predicted molar refractivity (Wildman–Crippen MR) is 90.6 cm³/mol. The summed E-state index contributed by atoms with van der Waals surface area (Å²) in [5, 5.41) is 0. The molecule has 2 aromatic rings. The van der Waals surface area contributed by atoms with Crippen LogP contribution in [-0.4, -0.2) is 23.4 Å². The first-order valence-electron chi connectivity index (χ1n) is 7.81. The van der Waals surface area contributed by atoms with Crippen molar-refractivity contribution in [2.75, 3.05) is 6.61 Å². The first-order valence-corrected chi connectivity index (χ1v) is 7.81. The van der Waals surface area contributed by atoms with Crippen molar-refractivity contribution in [2.45, 2.75) is 20.3 Å². The van der Waals surface area contributed by atoms with E-state index in [2.05, 4.69) is 29.7 Å². The summed E-state index contributed by atoms with van der Waals surface area (Å²) in [6.07, 6.45) is 2.48. The standard InChI is InChI=1S/C18H21N3O3/c1-13(2)10-12-24-15-8-6-14(7-9-15)17(22)20-21-18(23)16-5-3-4-11-19-16/h3-9,11,13H,10,12H2,1-2H3,(H,20,22)(H,21,23). The molecule has 0 unspecified atom stereocenters. The molecule has 0 radical (unpaired) electrons. The van der Waals surface area contributed by atoms with Gasteiger partial charge >= 0.3 is 0 Å².